The number of carboxylic acid groups (broad SMARTS) is 1. The van der Waals surface area contributed by atoms with Crippen molar-refractivity contribution in [1.82, 2.24) is 4.90 Å². The molecule has 1 fully saturated rings. The molecule has 1 saturated carbocycles. The van der Waals surface area contributed by atoms with Crippen LogP contribution >= 0.6 is 0 Å². The molecule has 0 saturated heterocycles. The molecule has 1 N–H and O–H groups in total. The van der Waals surface area contributed by atoms with Crippen molar-refractivity contribution in [1.29, 1.82) is 0 Å². The SMILES string of the molecule is Cc1ccc(CN(C(=O)[C@@H]2CCC[C@@H]2C(=O)O)C(C)C)o1. The molecule has 0 aromatic carbocycles. The van der Waals surface area contributed by atoms with E-state index >= 15 is 0 Å². The molecule has 1 aromatic heterocycles. The van der Waals surface area contributed by atoms with Crippen LogP contribution in [0.3, 0.4) is 0 Å². The van der Waals surface area contributed by atoms with E-state index in [0.29, 0.717) is 19.4 Å². The molecule has 21 heavy (non-hydrogen) atoms. The number of hydrogen-bond acceptors (Lipinski definition) is 3. The van der Waals surface area contributed by atoms with E-state index in [-0.39, 0.29) is 11.9 Å². The van der Waals surface area contributed by atoms with E-state index in [9.17, 15) is 14.7 Å². The van der Waals surface area contributed by atoms with Crippen molar-refractivity contribution < 1.29 is 19.1 Å². The minimum Gasteiger partial charge on any atom is -0.481 e. The summed E-state index contributed by atoms with van der Waals surface area (Å²) in [5.41, 5.74) is 0. The molecule has 1 aliphatic carbocycles. The fourth-order valence-corrected chi connectivity index (χ4v) is 3.02. The average molecular weight is 293 g/mol. The first-order chi connectivity index (χ1) is 9.90. The second kappa shape index (κ2) is 6.33. The van der Waals surface area contributed by atoms with Crippen molar-refractivity contribution in [2.24, 2.45) is 11.8 Å². The van der Waals surface area contributed by atoms with Crippen molar-refractivity contribution in [3.8, 4) is 0 Å². The third kappa shape index (κ3) is 3.46. The molecule has 1 aliphatic rings. The molecule has 2 rings (SSSR count). The number of amides is 1. The quantitative estimate of drug-likeness (QED) is 0.906. The van der Waals surface area contributed by atoms with Crippen LogP contribution in [0.25, 0.3) is 0 Å². The molecule has 5 heteroatoms. The van der Waals surface area contributed by atoms with Crippen molar-refractivity contribution in [3.05, 3.63) is 23.7 Å². The lowest BCUT2D eigenvalue weighted by Gasteiger charge is -2.30. The summed E-state index contributed by atoms with van der Waals surface area (Å²) < 4.78 is 5.54. The Bertz CT molecular complexity index is 520. The highest BCUT2D eigenvalue weighted by molar-refractivity contribution is 5.85. The highest BCUT2D eigenvalue weighted by atomic mass is 16.4. The minimum absolute atomic E-state index is 0.0120. The lowest BCUT2D eigenvalue weighted by atomic mass is 9.94. The standard InChI is InChI=1S/C16H23NO4/c1-10(2)17(9-12-8-7-11(3)21-12)15(18)13-5-4-6-14(13)16(19)20/h7-8,10,13-14H,4-6,9H2,1-3H3,(H,19,20)/t13-,14+/m1/s1. The summed E-state index contributed by atoms with van der Waals surface area (Å²) in [6.45, 7) is 6.15. The number of hydrogen-bond donors (Lipinski definition) is 1. The number of aryl methyl sites for hydroxylation is 1. The molecule has 1 heterocycles. The summed E-state index contributed by atoms with van der Waals surface area (Å²) in [4.78, 5) is 25.7. The Hall–Kier alpha value is -1.78. The van der Waals surface area contributed by atoms with E-state index in [2.05, 4.69) is 0 Å². The van der Waals surface area contributed by atoms with Gasteiger partial charge < -0.3 is 14.4 Å². The molecule has 0 spiro atoms. The van der Waals surface area contributed by atoms with E-state index in [1.165, 1.54) is 0 Å². The van der Waals surface area contributed by atoms with Crippen LogP contribution in [0.15, 0.2) is 16.5 Å². The van der Waals surface area contributed by atoms with Gasteiger partial charge in [0.25, 0.3) is 0 Å². The van der Waals surface area contributed by atoms with Crippen LogP contribution in [0.2, 0.25) is 0 Å². The number of rotatable bonds is 5. The number of carbonyl (C=O) groups is 2. The van der Waals surface area contributed by atoms with Crippen LogP contribution < -0.4 is 0 Å². The maximum atomic E-state index is 12.7. The molecule has 0 aliphatic heterocycles. The van der Waals surface area contributed by atoms with Gasteiger partial charge in [0.1, 0.15) is 11.5 Å². The molecule has 116 valence electrons. The summed E-state index contributed by atoms with van der Waals surface area (Å²) in [6.07, 6.45) is 2.06. The van der Waals surface area contributed by atoms with E-state index in [1.54, 1.807) is 4.90 Å². The van der Waals surface area contributed by atoms with Gasteiger partial charge in [-0.05, 0) is 45.7 Å². The first-order valence-corrected chi connectivity index (χ1v) is 7.48. The summed E-state index contributed by atoms with van der Waals surface area (Å²) in [5, 5.41) is 9.26. The van der Waals surface area contributed by atoms with Gasteiger partial charge in [0, 0.05) is 6.04 Å². The number of nitrogens with zero attached hydrogens (tertiary/aromatic N) is 1. The molecule has 0 radical (unpaired) electrons. The van der Waals surface area contributed by atoms with Gasteiger partial charge in [-0.2, -0.15) is 0 Å². The van der Waals surface area contributed by atoms with Crippen LogP contribution in [-0.2, 0) is 16.1 Å². The van der Waals surface area contributed by atoms with Gasteiger partial charge in [-0.25, -0.2) is 0 Å². The van der Waals surface area contributed by atoms with Crippen molar-refractivity contribution in [2.45, 2.75) is 52.6 Å². The lowest BCUT2D eigenvalue weighted by molar-refractivity contribution is -0.150. The van der Waals surface area contributed by atoms with Crippen LogP contribution in [-0.4, -0.2) is 27.9 Å². The van der Waals surface area contributed by atoms with Gasteiger partial charge in [-0.3, -0.25) is 9.59 Å². The maximum absolute atomic E-state index is 12.7. The zero-order valence-corrected chi connectivity index (χ0v) is 12.8. The second-order valence-electron chi connectivity index (χ2n) is 6.05. The van der Waals surface area contributed by atoms with Crippen molar-refractivity contribution >= 4 is 11.9 Å². The Kier molecular flexibility index (Phi) is 4.70. The van der Waals surface area contributed by atoms with Gasteiger partial charge in [-0.15, -0.1) is 0 Å². The Labute approximate surface area is 124 Å². The molecule has 5 nitrogen and oxygen atoms in total. The van der Waals surface area contributed by atoms with Gasteiger partial charge in [0.15, 0.2) is 0 Å². The monoisotopic (exact) mass is 293 g/mol. The van der Waals surface area contributed by atoms with Crippen LogP contribution in [0.5, 0.6) is 0 Å². The highest BCUT2D eigenvalue weighted by Crippen LogP contribution is 2.34. The van der Waals surface area contributed by atoms with Gasteiger partial charge in [0.05, 0.1) is 18.4 Å². The van der Waals surface area contributed by atoms with Gasteiger partial charge >= 0.3 is 5.97 Å². The molecular weight excluding hydrogens is 270 g/mol. The van der Waals surface area contributed by atoms with Crippen LogP contribution in [0, 0.1) is 18.8 Å². The zero-order valence-electron chi connectivity index (χ0n) is 12.8. The summed E-state index contributed by atoms with van der Waals surface area (Å²) in [6, 6.07) is 3.74. The normalized spacial score (nSPS) is 21.7. The van der Waals surface area contributed by atoms with E-state index in [4.69, 9.17) is 4.42 Å². The topological polar surface area (TPSA) is 70.8 Å². The molecule has 0 unspecified atom stereocenters. The Morgan fingerprint density at radius 2 is 2.00 bits per heavy atom. The summed E-state index contributed by atoms with van der Waals surface area (Å²) in [7, 11) is 0. The third-order valence-corrected chi connectivity index (χ3v) is 4.18. The first-order valence-electron chi connectivity index (χ1n) is 7.48. The molecule has 2 atom stereocenters. The van der Waals surface area contributed by atoms with Gasteiger partial charge in [-0.1, -0.05) is 6.42 Å². The highest BCUT2D eigenvalue weighted by Gasteiger charge is 2.40. The summed E-state index contributed by atoms with van der Waals surface area (Å²) >= 11 is 0. The molecule has 0 bridgehead atoms. The number of carboxylic acids is 1. The van der Waals surface area contributed by atoms with Crippen molar-refractivity contribution in [3.63, 3.8) is 0 Å². The smallest absolute Gasteiger partial charge is 0.307 e. The largest absolute Gasteiger partial charge is 0.481 e. The fraction of sp³-hybridized carbons (Fsp3) is 0.625. The molecular formula is C16H23NO4. The summed E-state index contributed by atoms with van der Waals surface area (Å²) in [5.74, 6) is -0.324. The molecule has 1 aromatic rings. The minimum atomic E-state index is -0.858. The third-order valence-electron chi connectivity index (χ3n) is 4.18. The van der Waals surface area contributed by atoms with E-state index < -0.39 is 17.8 Å². The number of aliphatic carboxylic acids is 1. The predicted molar refractivity (Wildman–Crippen MR) is 77.6 cm³/mol. The van der Waals surface area contributed by atoms with Crippen LogP contribution in [0.4, 0.5) is 0 Å². The Morgan fingerprint density at radius 1 is 1.33 bits per heavy atom. The second-order valence-corrected chi connectivity index (χ2v) is 6.05. The Morgan fingerprint density at radius 3 is 2.52 bits per heavy atom. The Balaban J connectivity index is 2.14. The number of carbonyl (C=O) groups excluding carboxylic acids is 1. The first kappa shape index (κ1) is 15.6. The van der Waals surface area contributed by atoms with E-state index in [0.717, 1.165) is 17.9 Å². The average Bonchev–Trinajstić information content (AvgIpc) is 3.03. The zero-order chi connectivity index (χ0) is 15.6. The molecule has 1 amide bonds. The van der Waals surface area contributed by atoms with Crippen LogP contribution in [0.1, 0.15) is 44.6 Å². The van der Waals surface area contributed by atoms with Gasteiger partial charge in [0.2, 0.25) is 5.91 Å². The van der Waals surface area contributed by atoms with E-state index in [1.807, 2.05) is 32.9 Å². The van der Waals surface area contributed by atoms with Crippen molar-refractivity contribution in [2.75, 3.05) is 0 Å². The predicted octanol–water partition coefficient (Wildman–Crippen LogP) is 2.83. The maximum Gasteiger partial charge on any atom is 0.307 e. The fourth-order valence-electron chi connectivity index (χ4n) is 3.02. The number of furan rings is 1. The lowest BCUT2D eigenvalue weighted by Crippen LogP contribution is -2.42.